The van der Waals surface area contributed by atoms with Crippen LogP contribution in [0.15, 0.2) is 42.5 Å². The van der Waals surface area contributed by atoms with Gasteiger partial charge in [0.15, 0.2) is 11.6 Å². The van der Waals surface area contributed by atoms with E-state index >= 15 is 0 Å². The molecule has 0 amide bonds. The Labute approximate surface area is 119 Å². The summed E-state index contributed by atoms with van der Waals surface area (Å²) in [4.78, 5) is 0. The van der Waals surface area contributed by atoms with Crippen LogP contribution in [0, 0.1) is 9.39 Å². The predicted molar refractivity (Wildman–Crippen MR) is 78.1 cm³/mol. The summed E-state index contributed by atoms with van der Waals surface area (Å²) in [5.41, 5.74) is 7.81. The fraction of sp³-hybridized carbons (Fsp3) is 0.143. The Balaban J connectivity index is 2.31. The predicted octanol–water partition coefficient (Wildman–Crippen LogP) is 3.49. The molecule has 0 spiro atoms. The van der Waals surface area contributed by atoms with Crippen molar-refractivity contribution in [2.75, 3.05) is 7.11 Å². The molecule has 1 unspecified atom stereocenters. The van der Waals surface area contributed by atoms with E-state index in [0.29, 0.717) is 0 Å². The number of halogens is 2. The maximum Gasteiger partial charge on any atom is 0.165 e. The highest BCUT2D eigenvalue weighted by Gasteiger charge is 2.11. The lowest BCUT2D eigenvalue weighted by Crippen LogP contribution is -2.12. The molecule has 2 aromatic rings. The molecule has 0 aromatic heterocycles. The van der Waals surface area contributed by atoms with Gasteiger partial charge in [0.25, 0.3) is 0 Å². The topological polar surface area (TPSA) is 35.2 Å². The maximum atomic E-state index is 13.6. The fourth-order valence-corrected chi connectivity index (χ4v) is 2.10. The van der Waals surface area contributed by atoms with Gasteiger partial charge in [-0.05, 0) is 58.0 Å². The minimum absolute atomic E-state index is 0.230. The normalized spacial score (nSPS) is 12.2. The summed E-state index contributed by atoms with van der Waals surface area (Å²) in [5, 5.41) is 0. The largest absolute Gasteiger partial charge is 0.494 e. The van der Waals surface area contributed by atoms with Crippen molar-refractivity contribution < 1.29 is 9.13 Å². The summed E-state index contributed by atoms with van der Waals surface area (Å²) in [7, 11) is 1.44. The highest BCUT2D eigenvalue weighted by molar-refractivity contribution is 14.1. The molecule has 0 heterocycles. The Morgan fingerprint density at radius 1 is 1.11 bits per heavy atom. The molecule has 0 saturated carbocycles. The molecule has 18 heavy (non-hydrogen) atoms. The molecule has 2 rings (SSSR count). The van der Waals surface area contributed by atoms with Gasteiger partial charge in [0.05, 0.1) is 13.2 Å². The van der Waals surface area contributed by atoms with Crippen molar-refractivity contribution in [2.45, 2.75) is 6.04 Å². The van der Waals surface area contributed by atoms with Crippen LogP contribution >= 0.6 is 22.6 Å². The fourth-order valence-electron chi connectivity index (χ4n) is 1.74. The molecule has 94 valence electrons. The Kier molecular flexibility index (Phi) is 4.19. The van der Waals surface area contributed by atoms with Crippen molar-refractivity contribution in [3.05, 3.63) is 63.0 Å². The van der Waals surface area contributed by atoms with Gasteiger partial charge < -0.3 is 10.5 Å². The Morgan fingerprint density at radius 2 is 1.72 bits per heavy atom. The molecule has 4 heteroatoms. The summed E-state index contributed by atoms with van der Waals surface area (Å²) >= 11 is 2.23. The first-order chi connectivity index (χ1) is 8.61. The second-order valence-corrected chi connectivity index (χ2v) is 5.17. The zero-order chi connectivity index (χ0) is 13.1. The van der Waals surface area contributed by atoms with Crippen LogP contribution in [0.2, 0.25) is 0 Å². The molecule has 0 bridgehead atoms. The van der Waals surface area contributed by atoms with Gasteiger partial charge >= 0.3 is 0 Å². The summed E-state index contributed by atoms with van der Waals surface area (Å²) < 4.78 is 19.6. The molecule has 0 aliphatic heterocycles. The van der Waals surface area contributed by atoms with Crippen molar-refractivity contribution in [1.29, 1.82) is 0 Å². The highest BCUT2D eigenvalue weighted by atomic mass is 127. The van der Waals surface area contributed by atoms with Gasteiger partial charge in [-0.2, -0.15) is 0 Å². The molecule has 0 aliphatic rings. The van der Waals surface area contributed by atoms with Crippen LogP contribution in [-0.2, 0) is 0 Å². The number of methoxy groups -OCH3 is 1. The maximum absolute atomic E-state index is 13.6. The third-order valence-corrected chi connectivity index (χ3v) is 3.48. The van der Waals surface area contributed by atoms with Crippen LogP contribution in [0.25, 0.3) is 0 Å². The molecular weight excluding hydrogens is 344 g/mol. The molecule has 1 atom stereocenters. The van der Waals surface area contributed by atoms with E-state index in [1.54, 1.807) is 12.1 Å². The monoisotopic (exact) mass is 357 g/mol. The van der Waals surface area contributed by atoms with Crippen LogP contribution < -0.4 is 10.5 Å². The number of hydrogen-bond donors (Lipinski definition) is 1. The van der Waals surface area contributed by atoms with Gasteiger partial charge in [-0.3, -0.25) is 0 Å². The van der Waals surface area contributed by atoms with Gasteiger partial charge in [-0.25, -0.2) is 4.39 Å². The van der Waals surface area contributed by atoms with E-state index in [9.17, 15) is 4.39 Å². The number of ether oxygens (including phenoxy) is 1. The van der Waals surface area contributed by atoms with Gasteiger partial charge in [0.1, 0.15) is 0 Å². The van der Waals surface area contributed by atoms with Crippen LogP contribution in [-0.4, -0.2) is 7.11 Å². The molecule has 2 N–H and O–H groups in total. The Morgan fingerprint density at radius 3 is 2.28 bits per heavy atom. The molecule has 0 aliphatic carbocycles. The second-order valence-electron chi connectivity index (χ2n) is 3.92. The van der Waals surface area contributed by atoms with Crippen LogP contribution in [0.1, 0.15) is 17.2 Å². The van der Waals surface area contributed by atoms with Crippen molar-refractivity contribution >= 4 is 22.6 Å². The molecule has 2 nitrogen and oxygen atoms in total. The van der Waals surface area contributed by atoms with Gasteiger partial charge in [0.2, 0.25) is 0 Å². The van der Waals surface area contributed by atoms with E-state index in [1.165, 1.54) is 13.2 Å². The summed E-state index contributed by atoms with van der Waals surface area (Å²) in [5.74, 6) is -0.162. The minimum atomic E-state index is -0.393. The Bertz CT molecular complexity index is 542. The van der Waals surface area contributed by atoms with Gasteiger partial charge in [-0.1, -0.05) is 18.2 Å². The lowest BCUT2D eigenvalue weighted by molar-refractivity contribution is 0.386. The zero-order valence-electron chi connectivity index (χ0n) is 9.86. The third-order valence-electron chi connectivity index (χ3n) is 2.76. The first-order valence-electron chi connectivity index (χ1n) is 5.46. The van der Waals surface area contributed by atoms with E-state index in [1.807, 2.05) is 24.3 Å². The number of benzene rings is 2. The second kappa shape index (κ2) is 5.67. The average Bonchev–Trinajstić information content (AvgIpc) is 2.38. The van der Waals surface area contributed by atoms with Crippen molar-refractivity contribution in [1.82, 2.24) is 0 Å². The minimum Gasteiger partial charge on any atom is -0.494 e. The SMILES string of the molecule is COc1ccc(C(N)c2ccc(I)cc2)cc1F. The van der Waals surface area contributed by atoms with Crippen LogP contribution in [0.5, 0.6) is 5.75 Å². The van der Waals surface area contributed by atoms with E-state index in [2.05, 4.69) is 22.6 Å². The molecule has 0 saturated heterocycles. The molecule has 0 fully saturated rings. The zero-order valence-corrected chi connectivity index (χ0v) is 12.0. The molecule has 0 radical (unpaired) electrons. The quantitative estimate of drug-likeness (QED) is 0.854. The van der Waals surface area contributed by atoms with E-state index in [0.717, 1.165) is 14.7 Å². The highest BCUT2D eigenvalue weighted by Crippen LogP contribution is 2.25. The van der Waals surface area contributed by atoms with Gasteiger partial charge in [0, 0.05) is 3.57 Å². The lowest BCUT2D eigenvalue weighted by atomic mass is 9.99. The van der Waals surface area contributed by atoms with Gasteiger partial charge in [-0.15, -0.1) is 0 Å². The number of nitrogens with two attached hydrogens (primary N) is 1. The van der Waals surface area contributed by atoms with Crippen LogP contribution in [0.4, 0.5) is 4.39 Å². The smallest absolute Gasteiger partial charge is 0.165 e. The molecular formula is C14H13FINO. The first kappa shape index (κ1) is 13.3. The van der Waals surface area contributed by atoms with Crippen molar-refractivity contribution in [3.8, 4) is 5.75 Å². The first-order valence-corrected chi connectivity index (χ1v) is 6.54. The van der Waals surface area contributed by atoms with E-state index in [-0.39, 0.29) is 11.8 Å². The number of rotatable bonds is 3. The Hall–Kier alpha value is -1.14. The van der Waals surface area contributed by atoms with Crippen molar-refractivity contribution in [2.24, 2.45) is 5.73 Å². The standard InChI is InChI=1S/C14H13FINO/c1-18-13-7-4-10(8-12(13)15)14(17)9-2-5-11(16)6-3-9/h2-8,14H,17H2,1H3. The summed E-state index contributed by atoms with van der Waals surface area (Å²) in [6, 6.07) is 12.3. The van der Waals surface area contributed by atoms with E-state index < -0.39 is 5.82 Å². The summed E-state index contributed by atoms with van der Waals surface area (Å²) in [6.07, 6.45) is 0. The lowest BCUT2D eigenvalue weighted by Gasteiger charge is -2.13. The average molecular weight is 357 g/mol. The van der Waals surface area contributed by atoms with Crippen LogP contribution in [0.3, 0.4) is 0 Å². The van der Waals surface area contributed by atoms with E-state index in [4.69, 9.17) is 10.5 Å². The number of hydrogen-bond acceptors (Lipinski definition) is 2. The molecule has 2 aromatic carbocycles. The van der Waals surface area contributed by atoms with Crippen molar-refractivity contribution in [3.63, 3.8) is 0 Å². The third kappa shape index (κ3) is 2.81. The summed E-state index contributed by atoms with van der Waals surface area (Å²) in [6.45, 7) is 0.